The van der Waals surface area contributed by atoms with Crippen LogP contribution in [-0.2, 0) is 0 Å². The van der Waals surface area contributed by atoms with Crippen LogP contribution in [0.15, 0.2) is 18.2 Å². The van der Waals surface area contributed by atoms with Crippen molar-refractivity contribution in [2.24, 2.45) is 0 Å². The van der Waals surface area contributed by atoms with Crippen molar-refractivity contribution in [3.63, 3.8) is 0 Å². The maximum absolute atomic E-state index is 6.02. The molecule has 2 N–H and O–H groups in total. The highest BCUT2D eigenvalue weighted by molar-refractivity contribution is 6.31. The van der Waals surface area contributed by atoms with E-state index in [2.05, 4.69) is 20.4 Å². The zero-order valence-corrected chi connectivity index (χ0v) is 11.7. The van der Waals surface area contributed by atoms with Gasteiger partial charge >= 0.3 is 0 Å². The van der Waals surface area contributed by atoms with Crippen molar-refractivity contribution in [1.29, 1.82) is 0 Å². The number of likely N-dealkylation sites (tertiary alicyclic amines) is 1. The topological polar surface area (TPSA) is 44.0 Å². The molecule has 3 rings (SSSR count). The van der Waals surface area contributed by atoms with E-state index in [1.54, 1.807) is 0 Å². The molecule has 19 heavy (non-hydrogen) atoms. The quantitative estimate of drug-likeness (QED) is 0.826. The number of fused-ring (bicyclic) bond motifs is 1. The third kappa shape index (κ3) is 3.01. The molecule has 0 unspecified atom stereocenters. The van der Waals surface area contributed by atoms with Crippen LogP contribution in [0.1, 0.15) is 19.3 Å². The molecule has 5 heteroatoms. The van der Waals surface area contributed by atoms with Gasteiger partial charge in [0, 0.05) is 17.0 Å². The molecule has 1 aliphatic rings. The fourth-order valence-electron chi connectivity index (χ4n) is 2.64. The van der Waals surface area contributed by atoms with E-state index in [9.17, 15) is 0 Å². The molecule has 1 aromatic heterocycles. The van der Waals surface area contributed by atoms with E-state index in [0.717, 1.165) is 34.7 Å². The first-order valence-corrected chi connectivity index (χ1v) is 7.30. The zero-order valence-electron chi connectivity index (χ0n) is 11.0. The molecule has 0 saturated carbocycles. The van der Waals surface area contributed by atoms with Gasteiger partial charge < -0.3 is 10.2 Å². The average Bonchev–Trinajstić information content (AvgIpc) is 3.04. The van der Waals surface area contributed by atoms with Gasteiger partial charge in [-0.3, -0.25) is 5.10 Å². The van der Waals surface area contributed by atoms with Crippen molar-refractivity contribution in [2.45, 2.75) is 19.3 Å². The molecule has 0 spiro atoms. The largest absolute Gasteiger partial charge is 0.368 e. The van der Waals surface area contributed by atoms with Crippen LogP contribution in [0.2, 0.25) is 5.02 Å². The Balaban J connectivity index is 1.54. The normalized spacial score (nSPS) is 16.3. The molecule has 0 aliphatic carbocycles. The van der Waals surface area contributed by atoms with Crippen LogP contribution in [0.3, 0.4) is 0 Å². The Morgan fingerprint density at radius 2 is 2.16 bits per heavy atom. The van der Waals surface area contributed by atoms with Gasteiger partial charge in [0.2, 0.25) is 0 Å². The predicted octanol–water partition coefficient (Wildman–Crippen LogP) is 3.11. The van der Waals surface area contributed by atoms with E-state index in [4.69, 9.17) is 11.6 Å². The molecular weight excluding hydrogens is 260 g/mol. The van der Waals surface area contributed by atoms with Crippen LogP contribution in [0.5, 0.6) is 0 Å². The van der Waals surface area contributed by atoms with Crippen molar-refractivity contribution < 1.29 is 0 Å². The highest BCUT2D eigenvalue weighted by Crippen LogP contribution is 2.23. The highest BCUT2D eigenvalue weighted by atomic mass is 35.5. The number of H-pyrrole nitrogens is 1. The first kappa shape index (κ1) is 12.8. The van der Waals surface area contributed by atoms with Crippen molar-refractivity contribution >= 4 is 28.3 Å². The third-order valence-corrected chi connectivity index (χ3v) is 3.90. The molecule has 102 valence electrons. The summed E-state index contributed by atoms with van der Waals surface area (Å²) in [5.74, 6) is 0.902. The van der Waals surface area contributed by atoms with Crippen LogP contribution in [-0.4, -0.2) is 41.3 Å². The highest BCUT2D eigenvalue weighted by Gasteiger charge is 2.10. The SMILES string of the molecule is Clc1ccc2[nH]nc(NCCCN3CCCC3)c2c1. The Hall–Kier alpha value is -1.26. The second kappa shape index (κ2) is 5.80. The second-order valence-corrected chi connectivity index (χ2v) is 5.53. The van der Waals surface area contributed by atoms with Gasteiger partial charge in [-0.05, 0) is 57.1 Å². The summed E-state index contributed by atoms with van der Waals surface area (Å²) in [7, 11) is 0. The van der Waals surface area contributed by atoms with Crippen LogP contribution in [0.25, 0.3) is 10.9 Å². The first-order valence-electron chi connectivity index (χ1n) is 6.93. The Bertz CT molecular complexity index is 545. The maximum atomic E-state index is 6.02. The fourth-order valence-corrected chi connectivity index (χ4v) is 2.81. The lowest BCUT2D eigenvalue weighted by molar-refractivity contribution is 0.337. The van der Waals surface area contributed by atoms with Crippen molar-refractivity contribution in [2.75, 3.05) is 31.5 Å². The van der Waals surface area contributed by atoms with E-state index in [0.29, 0.717) is 0 Å². The van der Waals surface area contributed by atoms with Crippen LogP contribution < -0.4 is 5.32 Å². The smallest absolute Gasteiger partial charge is 0.155 e. The molecular formula is C14H19ClN4. The van der Waals surface area contributed by atoms with Crippen molar-refractivity contribution in [1.82, 2.24) is 15.1 Å². The summed E-state index contributed by atoms with van der Waals surface area (Å²) in [6, 6.07) is 5.78. The predicted molar refractivity (Wildman–Crippen MR) is 79.9 cm³/mol. The van der Waals surface area contributed by atoms with E-state index in [-0.39, 0.29) is 0 Å². The molecule has 1 aromatic carbocycles. The maximum Gasteiger partial charge on any atom is 0.155 e. The van der Waals surface area contributed by atoms with Crippen LogP contribution in [0, 0.1) is 0 Å². The number of aromatic amines is 1. The Morgan fingerprint density at radius 3 is 3.00 bits per heavy atom. The molecule has 1 fully saturated rings. The molecule has 0 radical (unpaired) electrons. The Morgan fingerprint density at radius 1 is 1.32 bits per heavy atom. The van der Waals surface area contributed by atoms with Gasteiger partial charge in [-0.1, -0.05) is 11.6 Å². The van der Waals surface area contributed by atoms with E-state index >= 15 is 0 Å². The molecule has 4 nitrogen and oxygen atoms in total. The number of hydrogen-bond donors (Lipinski definition) is 2. The lowest BCUT2D eigenvalue weighted by Crippen LogP contribution is -2.22. The molecule has 0 atom stereocenters. The monoisotopic (exact) mass is 278 g/mol. The fraction of sp³-hybridized carbons (Fsp3) is 0.500. The number of nitrogens with zero attached hydrogens (tertiary/aromatic N) is 2. The third-order valence-electron chi connectivity index (χ3n) is 3.67. The molecule has 2 heterocycles. The number of anilines is 1. The Labute approximate surface area is 118 Å². The lowest BCUT2D eigenvalue weighted by atomic mass is 10.2. The molecule has 2 aromatic rings. The van der Waals surface area contributed by atoms with Gasteiger partial charge in [-0.25, -0.2) is 0 Å². The number of aromatic nitrogens is 2. The minimum Gasteiger partial charge on any atom is -0.368 e. The van der Waals surface area contributed by atoms with Gasteiger partial charge in [0.15, 0.2) is 5.82 Å². The minimum atomic E-state index is 0.744. The van der Waals surface area contributed by atoms with Crippen LogP contribution in [0.4, 0.5) is 5.82 Å². The van der Waals surface area contributed by atoms with E-state index in [1.165, 1.54) is 32.5 Å². The van der Waals surface area contributed by atoms with Gasteiger partial charge in [-0.2, -0.15) is 5.10 Å². The summed E-state index contributed by atoms with van der Waals surface area (Å²) in [5, 5.41) is 12.5. The minimum absolute atomic E-state index is 0.744. The molecule has 1 aliphatic heterocycles. The van der Waals surface area contributed by atoms with Crippen molar-refractivity contribution in [3.05, 3.63) is 23.2 Å². The van der Waals surface area contributed by atoms with Crippen LogP contribution >= 0.6 is 11.6 Å². The van der Waals surface area contributed by atoms with E-state index in [1.807, 2.05) is 18.2 Å². The molecule has 1 saturated heterocycles. The summed E-state index contributed by atoms with van der Waals surface area (Å²) >= 11 is 6.02. The van der Waals surface area contributed by atoms with Crippen molar-refractivity contribution in [3.8, 4) is 0 Å². The lowest BCUT2D eigenvalue weighted by Gasteiger charge is -2.14. The summed E-state index contributed by atoms with van der Waals surface area (Å²) in [5.41, 5.74) is 1.02. The van der Waals surface area contributed by atoms with Gasteiger partial charge in [0.25, 0.3) is 0 Å². The zero-order chi connectivity index (χ0) is 13.1. The number of rotatable bonds is 5. The van der Waals surface area contributed by atoms with E-state index < -0.39 is 0 Å². The Kier molecular flexibility index (Phi) is 3.89. The van der Waals surface area contributed by atoms with Gasteiger partial charge in [-0.15, -0.1) is 0 Å². The summed E-state index contributed by atoms with van der Waals surface area (Å²) in [6.07, 6.45) is 3.86. The summed E-state index contributed by atoms with van der Waals surface area (Å²) in [4.78, 5) is 2.53. The summed E-state index contributed by atoms with van der Waals surface area (Å²) < 4.78 is 0. The second-order valence-electron chi connectivity index (χ2n) is 5.09. The van der Waals surface area contributed by atoms with Gasteiger partial charge in [0.1, 0.15) is 0 Å². The van der Waals surface area contributed by atoms with Gasteiger partial charge in [0.05, 0.1) is 5.52 Å². The number of benzene rings is 1. The average molecular weight is 279 g/mol. The molecule has 0 bridgehead atoms. The first-order chi connectivity index (χ1) is 9.33. The number of hydrogen-bond acceptors (Lipinski definition) is 3. The number of halogens is 1. The standard InChI is InChI=1S/C14H19ClN4/c15-11-4-5-13-12(10-11)14(18-17-13)16-6-3-9-19-7-1-2-8-19/h4-5,10H,1-3,6-9H2,(H2,16,17,18). The number of nitrogens with one attached hydrogen (secondary N) is 2. The summed E-state index contributed by atoms with van der Waals surface area (Å²) in [6.45, 7) is 4.65. The molecule has 0 amide bonds.